The van der Waals surface area contributed by atoms with E-state index in [-0.39, 0.29) is 10.6 Å². The van der Waals surface area contributed by atoms with Gasteiger partial charge in [0, 0.05) is 6.07 Å². The molecule has 0 spiro atoms. The van der Waals surface area contributed by atoms with Crippen molar-refractivity contribution in [3.05, 3.63) is 54.3 Å². The van der Waals surface area contributed by atoms with Gasteiger partial charge < -0.3 is 4.42 Å². The van der Waals surface area contributed by atoms with Crippen LogP contribution in [-0.4, -0.2) is 8.42 Å². The Morgan fingerprint density at radius 2 is 1.76 bits per heavy atom. The van der Waals surface area contributed by atoms with E-state index in [2.05, 4.69) is 4.99 Å². The SMILES string of the molecule is NS(=O)(=O)c1ccccc1N=c1cccco1. The van der Waals surface area contributed by atoms with Gasteiger partial charge in [0.2, 0.25) is 15.6 Å². The number of hydrogen-bond acceptors (Lipinski definition) is 4. The van der Waals surface area contributed by atoms with E-state index < -0.39 is 10.0 Å². The summed E-state index contributed by atoms with van der Waals surface area (Å²) in [6, 6.07) is 11.3. The van der Waals surface area contributed by atoms with Gasteiger partial charge in [-0.05, 0) is 18.2 Å². The van der Waals surface area contributed by atoms with Crippen LogP contribution in [0.15, 0.2) is 63.0 Å². The summed E-state index contributed by atoms with van der Waals surface area (Å²) in [5.41, 5.74) is 0.563. The van der Waals surface area contributed by atoms with E-state index in [1.165, 1.54) is 12.3 Å². The van der Waals surface area contributed by atoms with Gasteiger partial charge in [0.25, 0.3) is 0 Å². The predicted octanol–water partition coefficient (Wildman–Crippen LogP) is 1.16. The molecule has 2 aromatic rings. The lowest BCUT2D eigenvalue weighted by atomic mass is 10.3. The second-order valence-corrected chi connectivity index (χ2v) is 4.80. The van der Waals surface area contributed by atoms with Gasteiger partial charge >= 0.3 is 0 Å². The summed E-state index contributed by atoms with van der Waals surface area (Å²) in [6.45, 7) is 0. The molecule has 0 amide bonds. The summed E-state index contributed by atoms with van der Waals surface area (Å²) in [6.07, 6.45) is 1.46. The number of rotatable bonds is 2. The maximum absolute atomic E-state index is 11.3. The lowest BCUT2D eigenvalue weighted by Crippen LogP contribution is -2.12. The van der Waals surface area contributed by atoms with Gasteiger partial charge in [-0.25, -0.2) is 18.5 Å². The van der Waals surface area contributed by atoms with Crippen molar-refractivity contribution in [2.24, 2.45) is 10.1 Å². The summed E-state index contributed by atoms with van der Waals surface area (Å²) in [5, 5.41) is 5.09. The highest BCUT2D eigenvalue weighted by molar-refractivity contribution is 7.89. The van der Waals surface area contributed by atoms with Crippen molar-refractivity contribution in [3.8, 4) is 0 Å². The zero-order valence-electron chi connectivity index (χ0n) is 8.78. The van der Waals surface area contributed by atoms with Crippen LogP contribution in [0.1, 0.15) is 0 Å². The van der Waals surface area contributed by atoms with Crippen molar-refractivity contribution in [3.63, 3.8) is 0 Å². The van der Waals surface area contributed by atoms with Crippen molar-refractivity contribution in [2.75, 3.05) is 0 Å². The Morgan fingerprint density at radius 1 is 1.06 bits per heavy atom. The molecule has 0 fully saturated rings. The Hall–Kier alpha value is -1.92. The highest BCUT2D eigenvalue weighted by atomic mass is 32.2. The molecule has 5 nitrogen and oxygen atoms in total. The third-order valence-corrected chi connectivity index (χ3v) is 2.98. The van der Waals surface area contributed by atoms with Gasteiger partial charge in [0.15, 0.2) is 0 Å². The molecular formula is C11H10N2O3S. The Morgan fingerprint density at radius 3 is 2.41 bits per heavy atom. The van der Waals surface area contributed by atoms with Gasteiger partial charge in [-0.15, -0.1) is 0 Å². The average Bonchev–Trinajstić information content (AvgIpc) is 2.30. The molecular weight excluding hydrogens is 240 g/mol. The quantitative estimate of drug-likeness (QED) is 0.867. The molecule has 0 saturated heterocycles. The van der Waals surface area contributed by atoms with Gasteiger partial charge in [-0.1, -0.05) is 18.2 Å². The van der Waals surface area contributed by atoms with Crippen molar-refractivity contribution in [2.45, 2.75) is 4.90 Å². The standard InChI is InChI=1S/C11H10N2O3S/c12-17(14,15)10-6-2-1-5-9(10)13-11-7-3-4-8-16-11/h1-8H,(H2,12,14,15). The molecule has 0 unspecified atom stereocenters. The molecule has 1 aromatic heterocycles. The van der Waals surface area contributed by atoms with Crippen LogP contribution >= 0.6 is 0 Å². The normalized spacial score (nSPS) is 12.6. The fraction of sp³-hybridized carbons (Fsp3) is 0. The van der Waals surface area contributed by atoms with Gasteiger partial charge in [0.05, 0.1) is 12.0 Å². The molecule has 0 aliphatic carbocycles. The van der Waals surface area contributed by atoms with Crippen molar-refractivity contribution in [1.29, 1.82) is 0 Å². The lowest BCUT2D eigenvalue weighted by molar-refractivity contribution is 0.496. The minimum atomic E-state index is -3.79. The van der Waals surface area contributed by atoms with Crippen molar-refractivity contribution < 1.29 is 12.8 Å². The van der Waals surface area contributed by atoms with Crippen molar-refractivity contribution in [1.82, 2.24) is 0 Å². The lowest BCUT2D eigenvalue weighted by Gasteiger charge is -2.01. The number of hydrogen-bond donors (Lipinski definition) is 1. The van der Waals surface area contributed by atoms with Crippen LogP contribution < -0.4 is 10.7 Å². The first-order valence-corrected chi connectivity index (χ1v) is 6.32. The molecule has 6 heteroatoms. The fourth-order valence-electron chi connectivity index (χ4n) is 1.30. The summed E-state index contributed by atoms with van der Waals surface area (Å²) in [5.74, 6) is 0. The van der Waals surface area contributed by atoms with Gasteiger partial charge in [0.1, 0.15) is 4.90 Å². The number of primary sulfonamides is 1. The average molecular weight is 250 g/mol. The third kappa shape index (κ3) is 2.80. The molecule has 1 heterocycles. The minimum Gasteiger partial charge on any atom is -0.447 e. The first-order valence-electron chi connectivity index (χ1n) is 4.78. The first-order chi connectivity index (χ1) is 8.07. The molecule has 0 radical (unpaired) electrons. The molecule has 0 saturated carbocycles. The summed E-state index contributed by atoms with van der Waals surface area (Å²) in [7, 11) is -3.79. The number of sulfonamides is 1. The van der Waals surface area contributed by atoms with Crippen LogP contribution in [-0.2, 0) is 10.0 Å². The monoisotopic (exact) mass is 250 g/mol. The number of nitrogens with two attached hydrogens (primary N) is 1. The number of benzene rings is 1. The highest BCUT2D eigenvalue weighted by Gasteiger charge is 2.12. The summed E-state index contributed by atoms with van der Waals surface area (Å²) in [4.78, 5) is 4.05. The zero-order valence-corrected chi connectivity index (χ0v) is 9.59. The molecule has 0 bridgehead atoms. The Bertz CT molecular complexity index is 672. The molecule has 1 aromatic carbocycles. The van der Waals surface area contributed by atoms with Crippen LogP contribution in [0, 0.1) is 0 Å². The van der Waals surface area contributed by atoms with E-state index in [9.17, 15) is 8.42 Å². The molecule has 0 aliphatic rings. The van der Waals surface area contributed by atoms with Crippen LogP contribution in [0.3, 0.4) is 0 Å². The Balaban J connectivity index is 2.63. The Labute approximate surface area is 98.3 Å². The fourth-order valence-corrected chi connectivity index (χ4v) is 1.98. The minimum absolute atomic E-state index is 0.0287. The van der Waals surface area contributed by atoms with Crippen LogP contribution in [0.4, 0.5) is 5.69 Å². The Kier molecular flexibility index (Phi) is 3.08. The summed E-state index contributed by atoms with van der Waals surface area (Å²) < 4.78 is 27.8. The van der Waals surface area contributed by atoms with Gasteiger partial charge in [-0.2, -0.15) is 0 Å². The molecule has 17 heavy (non-hydrogen) atoms. The van der Waals surface area contributed by atoms with Crippen molar-refractivity contribution >= 4 is 15.7 Å². The highest BCUT2D eigenvalue weighted by Crippen LogP contribution is 2.21. The van der Waals surface area contributed by atoms with E-state index in [0.717, 1.165) is 0 Å². The predicted molar refractivity (Wildman–Crippen MR) is 61.7 cm³/mol. The van der Waals surface area contributed by atoms with E-state index in [1.54, 1.807) is 36.4 Å². The van der Waals surface area contributed by atoms with E-state index in [0.29, 0.717) is 5.55 Å². The van der Waals surface area contributed by atoms with E-state index >= 15 is 0 Å². The molecule has 88 valence electrons. The van der Waals surface area contributed by atoms with E-state index in [4.69, 9.17) is 9.56 Å². The smallest absolute Gasteiger partial charge is 0.240 e. The molecule has 0 aliphatic heterocycles. The zero-order chi connectivity index (χ0) is 12.3. The maximum atomic E-state index is 11.3. The largest absolute Gasteiger partial charge is 0.447 e. The van der Waals surface area contributed by atoms with Crippen LogP contribution in [0.25, 0.3) is 0 Å². The van der Waals surface area contributed by atoms with E-state index in [1.807, 2.05) is 0 Å². The second kappa shape index (κ2) is 4.52. The number of nitrogens with zero attached hydrogens (tertiary/aromatic N) is 1. The third-order valence-electron chi connectivity index (χ3n) is 2.02. The maximum Gasteiger partial charge on any atom is 0.240 e. The first kappa shape index (κ1) is 11.6. The molecule has 0 atom stereocenters. The second-order valence-electron chi connectivity index (χ2n) is 3.27. The molecule has 2 N–H and O–H groups in total. The van der Waals surface area contributed by atoms with Crippen LogP contribution in [0.2, 0.25) is 0 Å². The molecule has 2 rings (SSSR count). The number of para-hydroxylation sites is 1. The topological polar surface area (TPSA) is 85.7 Å². The summed E-state index contributed by atoms with van der Waals surface area (Å²) >= 11 is 0. The van der Waals surface area contributed by atoms with Crippen LogP contribution in [0.5, 0.6) is 0 Å². The van der Waals surface area contributed by atoms with Gasteiger partial charge in [-0.3, -0.25) is 0 Å².